The van der Waals surface area contributed by atoms with Gasteiger partial charge in [-0.2, -0.15) is 0 Å². The number of ether oxygens (including phenoxy) is 1. The van der Waals surface area contributed by atoms with Crippen LogP contribution >= 0.6 is 0 Å². The van der Waals surface area contributed by atoms with Crippen molar-refractivity contribution in [1.82, 2.24) is 9.97 Å². The van der Waals surface area contributed by atoms with Crippen LogP contribution < -0.4 is 20.7 Å². The van der Waals surface area contributed by atoms with Gasteiger partial charge >= 0.3 is 0 Å². The Morgan fingerprint density at radius 1 is 1.19 bits per heavy atom. The van der Waals surface area contributed by atoms with E-state index >= 15 is 0 Å². The largest absolute Gasteiger partial charge is 0.494 e. The Morgan fingerprint density at radius 3 is 2.58 bits per heavy atom. The molecule has 0 aliphatic carbocycles. The van der Waals surface area contributed by atoms with E-state index in [1.807, 2.05) is 11.8 Å². The number of hydrogen-bond donors (Lipinski definition) is 3. The van der Waals surface area contributed by atoms with Gasteiger partial charge in [-0.3, -0.25) is 9.78 Å². The molecule has 0 spiro atoms. The summed E-state index contributed by atoms with van der Waals surface area (Å²) in [6, 6.07) is 5.11. The van der Waals surface area contributed by atoms with E-state index in [0.29, 0.717) is 24.5 Å². The zero-order valence-electron chi connectivity index (χ0n) is 19.7. The van der Waals surface area contributed by atoms with Crippen LogP contribution in [-0.4, -0.2) is 52.8 Å². The lowest BCUT2D eigenvalue weighted by Crippen LogP contribution is -2.55. The molecule has 36 heavy (non-hydrogen) atoms. The van der Waals surface area contributed by atoms with Gasteiger partial charge in [0.1, 0.15) is 34.6 Å². The average molecular weight is 502 g/mol. The Balaban J connectivity index is 1.63. The van der Waals surface area contributed by atoms with E-state index in [9.17, 15) is 23.1 Å². The molecule has 3 unspecified atom stereocenters. The molecule has 4 N–H and O–H groups in total. The lowest BCUT2D eigenvalue weighted by molar-refractivity contribution is 0.0785. The van der Waals surface area contributed by atoms with E-state index in [1.54, 1.807) is 19.2 Å². The normalized spacial score (nSPS) is 19.8. The molecule has 2 aromatic heterocycles. The number of carbonyl (C=O) groups excluding carboxylic acids is 1. The highest BCUT2D eigenvalue weighted by atomic mass is 19.1. The third-order valence-electron chi connectivity index (χ3n) is 5.99. The SMILES string of the molecule is CCOc1cc(F)c(-c2nc(C(=O)Nc3cnccc3N3CC(C)C(O)C(N)C3)ccc2F)c(F)c1. The first-order valence-electron chi connectivity index (χ1n) is 11.4. The second-order valence-electron chi connectivity index (χ2n) is 8.61. The van der Waals surface area contributed by atoms with Crippen LogP contribution in [0.5, 0.6) is 5.75 Å². The van der Waals surface area contributed by atoms with Crippen LogP contribution in [0.2, 0.25) is 0 Å². The van der Waals surface area contributed by atoms with E-state index in [0.717, 1.165) is 24.3 Å². The number of aliphatic hydroxyl groups excluding tert-OH is 1. The van der Waals surface area contributed by atoms with Crippen molar-refractivity contribution in [1.29, 1.82) is 0 Å². The molecule has 4 rings (SSSR count). The number of carbonyl (C=O) groups is 1. The molecule has 1 fully saturated rings. The van der Waals surface area contributed by atoms with Crippen LogP contribution in [0.15, 0.2) is 42.7 Å². The molecule has 0 saturated carbocycles. The Labute approximate surface area is 205 Å². The molecule has 3 atom stereocenters. The minimum atomic E-state index is -1.07. The fourth-order valence-electron chi connectivity index (χ4n) is 4.23. The average Bonchev–Trinajstić information content (AvgIpc) is 2.83. The standard InChI is InChI=1S/C25H26F3N5O3/c1-3-36-14-8-16(27)22(17(28)9-14)23-15(26)4-5-19(31-23)25(35)32-20-10-30-7-6-21(20)33-11-13(2)24(34)18(29)12-33/h4-10,13,18,24,34H,3,11-12,29H2,1-2H3,(H,32,35). The molecule has 1 saturated heterocycles. The van der Waals surface area contributed by atoms with Gasteiger partial charge in [0.2, 0.25) is 0 Å². The van der Waals surface area contributed by atoms with E-state index in [-0.39, 0.29) is 24.0 Å². The molecule has 8 nitrogen and oxygen atoms in total. The quantitative estimate of drug-likeness (QED) is 0.475. The molecule has 1 aliphatic rings. The number of piperidine rings is 1. The fourth-order valence-corrected chi connectivity index (χ4v) is 4.23. The monoisotopic (exact) mass is 501 g/mol. The van der Waals surface area contributed by atoms with Crippen molar-refractivity contribution in [2.45, 2.75) is 26.0 Å². The number of amides is 1. The van der Waals surface area contributed by atoms with Crippen molar-refractivity contribution in [2.24, 2.45) is 11.7 Å². The van der Waals surface area contributed by atoms with Gasteiger partial charge in [-0.1, -0.05) is 6.92 Å². The zero-order chi connectivity index (χ0) is 26.0. The van der Waals surface area contributed by atoms with Gasteiger partial charge in [0.05, 0.1) is 35.8 Å². The van der Waals surface area contributed by atoms with Gasteiger partial charge in [-0.15, -0.1) is 0 Å². The van der Waals surface area contributed by atoms with Gasteiger partial charge in [0.25, 0.3) is 5.91 Å². The topological polar surface area (TPSA) is 114 Å². The number of aromatic nitrogens is 2. The minimum absolute atomic E-state index is 0.0473. The summed E-state index contributed by atoms with van der Waals surface area (Å²) in [5, 5.41) is 12.8. The number of nitrogens with one attached hydrogen (secondary N) is 1. The first-order valence-corrected chi connectivity index (χ1v) is 11.4. The highest BCUT2D eigenvalue weighted by Crippen LogP contribution is 2.32. The molecular formula is C25H26F3N5O3. The predicted octanol–water partition coefficient (Wildman–Crippen LogP) is 3.36. The highest BCUT2D eigenvalue weighted by Gasteiger charge is 2.32. The molecule has 0 bridgehead atoms. The van der Waals surface area contributed by atoms with Gasteiger partial charge in [-0.25, -0.2) is 18.2 Å². The van der Waals surface area contributed by atoms with E-state index in [4.69, 9.17) is 10.5 Å². The molecular weight excluding hydrogens is 475 g/mol. The van der Waals surface area contributed by atoms with Crippen LogP contribution in [0, 0.1) is 23.4 Å². The number of benzene rings is 1. The van der Waals surface area contributed by atoms with Crippen LogP contribution in [0.25, 0.3) is 11.3 Å². The summed E-state index contributed by atoms with van der Waals surface area (Å²) >= 11 is 0. The van der Waals surface area contributed by atoms with Crippen molar-refractivity contribution in [2.75, 3.05) is 29.9 Å². The maximum atomic E-state index is 14.7. The molecule has 1 aromatic carbocycles. The molecule has 0 radical (unpaired) electrons. The Kier molecular flexibility index (Phi) is 7.41. The number of nitrogens with zero attached hydrogens (tertiary/aromatic N) is 3. The summed E-state index contributed by atoms with van der Waals surface area (Å²) in [5.74, 6) is -4.03. The predicted molar refractivity (Wildman–Crippen MR) is 128 cm³/mol. The van der Waals surface area contributed by atoms with E-state index in [2.05, 4.69) is 15.3 Å². The van der Waals surface area contributed by atoms with Crippen molar-refractivity contribution in [3.05, 3.63) is 65.9 Å². The van der Waals surface area contributed by atoms with Crippen molar-refractivity contribution >= 4 is 17.3 Å². The summed E-state index contributed by atoms with van der Waals surface area (Å²) in [7, 11) is 0. The highest BCUT2D eigenvalue weighted by molar-refractivity contribution is 6.04. The number of halogens is 3. The molecule has 3 heterocycles. The Morgan fingerprint density at radius 2 is 1.92 bits per heavy atom. The molecule has 190 valence electrons. The summed E-state index contributed by atoms with van der Waals surface area (Å²) < 4.78 is 49.0. The number of nitrogens with two attached hydrogens (primary N) is 1. The maximum Gasteiger partial charge on any atom is 0.274 e. The smallest absolute Gasteiger partial charge is 0.274 e. The Hall–Kier alpha value is -3.70. The van der Waals surface area contributed by atoms with Crippen LogP contribution in [0.1, 0.15) is 24.3 Å². The summed E-state index contributed by atoms with van der Waals surface area (Å²) in [4.78, 5) is 22.9. The Bertz CT molecular complexity index is 1240. The van der Waals surface area contributed by atoms with Gasteiger partial charge in [0.15, 0.2) is 0 Å². The number of rotatable bonds is 6. The van der Waals surface area contributed by atoms with Gasteiger partial charge < -0.3 is 25.8 Å². The van der Waals surface area contributed by atoms with Crippen LogP contribution in [0.3, 0.4) is 0 Å². The van der Waals surface area contributed by atoms with Crippen molar-refractivity contribution < 1.29 is 27.8 Å². The molecule has 11 heteroatoms. The summed E-state index contributed by atoms with van der Waals surface area (Å²) in [6.07, 6.45) is 2.34. The minimum Gasteiger partial charge on any atom is -0.494 e. The first kappa shape index (κ1) is 25.4. The molecule has 1 amide bonds. The second-order valence-corrected chi connectivity index (χ2v) is 8.61. The number of anilines is 2. The van der Waals surface area contributed by atoms with E-state index < -0.39 is 46.8 Å². The summed E-state index contributed by atoms with van der Waals surface area (Å²) in [6.45, 7) is 4.58. The van der Waals surface area contributed by atoms with Crippen LogP contribution in [-0.2, 0) is 0 Å². The van der Waals surface area contributed by atoms with Gasteiger partial charge in [-0.05, 0) is 25.1 Å². The van der Waals surface area contributed by atoms with Crippen molar-refractivity contribution in [3.63, 3.8) is 0 Å². The zero-order valence-corrected chi connectivity index (χ0v) is 19.7. The van der Waals surface area contributed by atoms with E-state index in [1.165, 1.54) is 6.20 Å². The number of aliphatic hydroxyl groups is 1. The molecule has 3 aromatic rings. The maximum absolute atomic E-state index is 14.7. The lowest BCUT2D eigenvalue weighted by Gasteiger charge is -2.40. The number of pyridine rings is 2. The van der Waals surface area contributed by atoms with Crippen molar-refractivity contribution in [3.8, 4) is 17.0 Å². The van der Waals surface area contributed by atoms with Gasteiger partial charge in [0, 0.05) is 43.4 Å². The first-order chi connectivity index (χ1) is 17.2. The summed E-state index contributed by atoms with van der Waals surface area (Å²) in [5.41, 5.74) is 5.42. The molecule has 1 aliphatic heterocycles. The lowest BCUT2D eigenvalue weighted by atomic mass is 9.92. The van der Waals surface area contributed by atoms with Crippen LogP contribution in [0.4, 0.5) is 24.5 Å². The number of hydrogen-bond acceptors (Lipinski definition) is 7. The third-order valence-corrected chi connectivity index (χ3v) is 5.99. The third kappa shape index (κ3) is 5.12. The second kappa shape index (κ2) is 10.5. The fraction of sp³-hybridized carbons (Fsp3) is 0.320.